The third-order valence-electron chi connectivity index (χ3n) is 6.01. The number of benzene rings is 2. The van der Waals surface area contributed by atoms with E-state index in [1.54, 1.807) is 12.1 Å². The maximum absolute atomic E-state index is 10.7. The smallest absolute Gasteiger partial charge is 0.303 e. The summed E-state index contributed by atoms with van der Waals surface area (Å²) in [5.41, 5.74) is 2.64. The van der Waals surface area contributed by atoms with Crippen LogP contribution in [0.15, 0.2) is 48.8 Å². The number of nitrogens with zero attached hydrogens (tertiary/aromatic N) is 4. The Morgan fingerprint density at radius 1 is 1.17 bits per heavy atom. The van der Waals surface area contributed by atoms with Crippen LogP contribution in [-0.4, -0.2) is 42.8 Å². The summed E-state index contributed by atoms with van der Waals surface area (Å²) in [5, 5.41) is 9.88. The number of carboxylic acid groups (broad SMARTS) is 1. The highest BCUT2D eigenvalue weighted by Crippen LogP contribution is 2.41. The van der Waals surface area contributed by atoms with Crippen LogP contribution in [0.4, 0.5) is 0 Å². The molecule has 1 N–H and O–H groups in total. The summed E-state index contributed by atoms with van der Waals surface area (Å²) in [6.45, 7) is 2.80. The molecule has 1 saturated carbocycles. The van der Waals surface area contributed by atoms with Crippen molar-refractivity contribution in [1.29, 1.82) is 0 Å². The summed E-state index contributed by atoms with van der Waals surface area (Å²) in [6, 6.07) is 12.9. The number of aliphatic carboxylic acids is 1. The third kappa shape index (κ3) is 5.39. The maximum atomic E-state index is 10.7. The van der Waals surface area contributed by atoms with Gasteiger partial charge < -0.3 is 19.1 Å². The molecule has 1 fully saturated rings. The lowest BCUT2D eigenvalue weighted by atomic mass is 10.2. The van der Waals surface area contributed by atoms with E-state index in [4.69, 9.17) is 42.8 Å². The van der Waals surface area contributed by atoms with Crippen molar-refractivity contribution in [2.45, 2.75) is 44.8 Å². The molecule has 0 amide bonds. The molecule has 4 aromatic rings. The van der Waals surface area contributed by atoms with Crippen LogP contribution >= 0.6 is 23.2 Å². The highest BCUT2D eigenvalue weighted by molar-refractivity contribution is 6.33. The summed E-state index contributed by atoms with van der Waals surface area (Å²) in [6.07, 6.45) is 3.87. The molecule has 5 rings (SSSR count). The van der Waals surface area contributed by atoms with Gasteiger partial charge in [0.1, 0.15) is 23.5 Å². The number of carbonyl (C=O) groups is 1. The lowest BCUT2D eigenvalue weighted by molar-refractivity contribution is -0.137. The number of carboxylic acids is 1. The van der Waals surface area contributed by atoms with E-state index in [9.17, 15) is 4.79 Å². The summed E-state index contributed by atoms with van der Waals surface area (Å²) >= 11 is 12.9. The monoisotopic (exact) mass is 526 g/mol. The average Bonchev–Trinajstić information content (AvgIpc) is 3.45. The highest BCUT2D eigenvalue weighted by Gasteiger charge is 2.41. The predicted octanol–water partition coefficient (Wildman–Crippen LogP) is 6.02. The number of rotatable bonds is 10. The molecule has 0 unspecified atom stereocenters. The quantitative estimate of drug-likeness (QED) is 0.252. The van der Waals surface area contributed by atoms with Crippen LogP contribution < -0.4 is 9.47 Å². The Morgan fingerprint density at radius 3 is 2.72 bits per heavy atom. The molecule has 186 valence electrons. The third-order valence-corrected chi connectivity index (χ3v) is 6.56. The lowest BCUT2D eigenvalue weighted by Gasteiger charge is -2.12. The van der Waals surface area contributed by atoms with Crippen molar-refractivity contribution in [3.05, 3.63) is 64.4 Å². The van der Waals surface area contributed by atoms with Crippen molar-refractivity contribution < 1.29 is 19.4 Å². The Bertz CT molecular complexity index is 1430. The lowest BCUT2D eigenvalue weighted by Crippen LogP contribution is -2.13. The zero-order valence-corrected chi connectivity index (χ0v) is 21.1. The number of hydrogen-bond acceptors (Lipinski definition) is 6. The van der Waals surface area contributed by atoms with Gasteiger partial charge in [0.05, 0.1) is 18.2 Å². The van der Waals surface area contributed by atoms with E-state index in [1.807, 2.05) is 34.9 Å². The van der Waals surface area contributed by atoms with Crippen LogP contribution in [0.1, 0.15) is 38.2 Å². The van der Waals surface area contributed by atoms with Gasteiger partial charge in [-0.2, -0.15) is 4.98 Å². The molecule has 0 bridgehead atoms. The van der Waals surface area contributed by atoms with E-state index in [1.165, 1.54) is 6.33 Å². The fourth-order valence-electron chi connectivity index (χ4n) is 3.86. The minimum absolute atomic E-state index is 0.0455. The van der Waals surface area contributed by atoms with Crippen molar-refractivity contribution in [1.82, 2.24) is 19.5 Å². The molecule has 0 aliphatic heterocycles. The van der Waals surface area contributed by atoms with Crippen molar-refractivity contribution in [3.8, 4) is 23.0 Å². The summed E-state index contributed by atoms with van der Waals surface area (Å²) < 4.78 is 13.8. The molecule has 1 aliphatic carbocycles. The van der Waals surface area contributed by atoms with E-state index >= 15 is 0 Å². The van der Waals surface area contributed by atoms with Gasteiger partial charge in [0, 0.05) is 17.0 Å². The Kier molecular flexibility index (Phi) is 6.73. The van der Waals surface area contributed by atoms with E-state index in [-0.39, 0.29) is 18.6 Å². The topological polar surface area (TPSA) is 99.4 Å². The predicted molar refractivity (Wildman–Crippen MR) is 137 cm³/mol. The first-order valence-corrected chi connectivity index (χ1v) is 12.4. The molecule has 0 spiro atoms. The van der Waals surface area contributed by atoms with Gasteiger partial charge in [-0.25, -0.2) is 9.97 Å². The summed E-state index contributed by atoms with van der Waals surface area (Å²) in [7, 11) is 0. The number of hydrogen-bond donors (Lipinski definition) is 1. The Morgan fingerprint density at radius 2 is 2.00 bits per heavy atom. The zero-order chi connectivity index (χ0) is 25.3. The van der Waals surface area contributed by atoms with Gasteiger partial charge in [-0.05, 0) is 62.1 Å². The van der Waals surface area contributed by atoms with Gasteiger partial charge in [-0.1, -0.05) is 35.3 Å². The van der Waals surface area contributed by atoms with Crippen LogP contribution in [0.3, 0.4) is 0 Å². The molecule has 10 heteroatoms. The molecule has 36 heavy (non-hydrogen) atoms. The fourth-order valence-corrected chi connectivity index (χ4v) is 4.32. The van der Waals surface area contributed by atoms with Crippen LogP contribution in [0.2, 0.25) is 10.0 Å². The van der Waals surface area contributed by atoms with Gasteiger partial charge in [-0.15, -0.1) is 0 Å². The summed E-state index contributed by atoms with van der Waals surface area (Å²) in [4.78, 5) is 24.5. The molecular formula is C26H24Cl2N4O4. The van der Waals surface area contributed by atoms with E-state index in [0.717, 1.165) is 18.4 Å². The van der Waals surface area contributed by atoms with Crippen LogP contribution in [0.25, 0.3) is 22.6 Å². The molecule has 1 aliphatic rings. The SMILES string of the molecule is CC1(Oc2ncnc3c2nc(-c2ccc(OCCCC(=O)O)cc2Cl)n3Cc2cccc(Cl)c2)CC1. The molecule has 0 radical (unpaired) electrons. The number of aromatic nitrogens is 4. The number of ether oxygens (including phenoxy) is 2. The normalized spacial score (nSPS) is 14.1. The van der Waals surface area contributed by atoms with E-state index in [0.29, 0.717) is 57.2 Å². The molecular weight excluding hydrogens is 503 g/mol. The van der Waals surface area contributed by atoms with E-state index in [2.05, 4.69) is 16.9 Å². The maximum Gasteiger partial charge on any atom is 0.303 e. The minimum atomic E-state index is -0.854. The van der Waals surface area contributed by atoms with Crippen LogP contribution in [0.5, 0.6) is 11.6 Å². The van der Waals surface area contributed by atoms with Crippen molar-refractivity contribution in [2.75, 3.05) is 6.61 Å². The van der Waals surface area contributed by atoms with Crippen LogP contribution in [0, 0.1) is 0 Å². The molecule has 2 heterocycles. The highest BCUT2D eigenvalue weighted by atomic mass is 35.5. The van der Waals surface area contributed by atoms with Crippen molar-refractivity contribution in [2.24, 2.45) is 0 Å². The van der Waals surface area contributed by atoms with Crippen molar-refractivity contribution in [3.63, 3.8) is 0 Å². The second-order valence-electron chi connectivity index (χ2n) is 9.04. The minimum Gasteiger partial charge on any atom is -0.494 e. The first-order chi connectivity index (χ1) is 17.3. The largest absolute Gasteiger partial charge is 0.494 e. The molecule has 2 aromatic heterocycles. The number of halogens is 2. The molecule has 8 nitrogen and oxygen atoms in total. The Hall–Kier alpha value is -3.36. The van der Waals surface area contributed by atoms with Crippen molar-refractivity contribution >= 4 is 40.3 Å². The number of fused-ring (bicyclic) bond motifs is 1. The average molecular weight is 527 g/mol. The van der Waals surface area contributed by atoms with Gasteiger partial charge >= 0.3 is 5.97 Å². The van der Waals surface area contributed by atoms with Gasteiger partial charge in [0.15, 0.2) is 11.2 Å². The zero-order valence-electron chi connectivity index (χ0n) is 19.6. The van der Waals surface area contributed by atoms with Gasteiger partial charge in [0.2, 0.25) is 5.88 Å². The number of imidazole rings is 1. The van der Waals surface area contributed by atoms with Gasteiger partial charge in [0.25, 0.3) is 0 Å². The molecule has 0 atom stereocenters. The first-order valence-electron chi connectivity index (χ1n) is 11.6. The second-order valence-corrected chi connectivity index (χ2v) is 9.89. The Labute approximate surface area is 217 Å². The van der Waals surface area contributed by atoms with E-state index < -0.39 is 5.97 Å². The fraction of sp³-hybridized carbons (Fsp3) is 0.308. The molecule has 0 saturated heterocycles. The van der Waals surface area contributed by atoms with Gasteiger partial charge in [-0.3, -0.25) is 4.79 Å². The summed E-state index contributed by atoms with van der Waals surface area (Å²) in [5.74, 6) is 0.754. The Balaban J connectivity index is 1.53. The molecule has 2 aromatic carbocycles. The standard InChI is InChI=1S/C26H24Cl2N4O4/c1-26(9-10-26)36-25-22-24(29-15-30-25)32(14-16-4-2-5-17(27)12-16)23(31-22)19-8-7-18(13-20(19)28)35-11-3-6-21(33)34/h2,4-5,7-8,12-13,15H,3,6,9-11,14H2,1H3,(H,33,34). The second kappa shape index (κ2) is 9.95. The van der Waals surface area contributed by atoms with Crippen LogP contribution in [-0.2, 0) is 11.3 Å². The first kappa shape index (κ1) is 24.3.